The molecule has 0 radical (unpaired) electrons. The molecule has 16 heavy (non-hydrogen) atoms. The third-order valence-electron chi connectivity index (χ3n) is 4.68. The largest absolute Gasteiger partial charge is 0.459 e. The van der Waals surface area contributed by atoms with Gasteiger partial charge >= 0.3 is 5.97 Å². The van der Waals surface area contributed by atoms with Gasteiger partial charge in [-0.25, -0.2) is 0 Å². The number of esters is 1. The average Bonchev–Trinajstić information content (AvgIpc) is 2.28. The lowest BCUT2D eigenvalue weighted by molar-refractivity contribution is -0.165. The first-order chi connectivity index (χ1) is 7.65. The van der Waals surface area contributed by atoms with Gasteiger partial charge in [-0.2, -0.15) is 0 Å². The van der Waals surface area contributed by atoms with E-state index in [0.717, 1.165) is 31.1 Å². The second-order valence-electron chi connectivity index (χ2n) is 5.68. The topological polar surface area (TPSA) is 26.3 Å². The van der Waals surface area contributed by atoms with Gasteiger partial charge in [0.2, 0.25) is 0 Å². The van der Waals surface area contributed by atoms with Gasteiger partial charge in [-0.15, -0.1) is 0 Å². The van der Waals surface area contributed by atoms with Crippen molar-refractivity contribution in [1.82, 2.24) is 0 Å². The number of carbonyl (C=O) groups is 1. The van der Waals surface area contributed by atoms with Crippen molar-refractivity contribution in [3.05, 3.63) is 0 Å². The van der Waals surface area contributed by atoms with Gasteiger partial charge in [-0.3, -0.25) is 4.79 Å². The molecule has 0 spiro atoms. The number of fused-ring (bicyclic) bond motifs is 1. The van der Waals surface area contributed by atoms with Gasteiger partial charge in [0.25, 0.3) is 0 Å². The van der Waals surface area contributed by atoms with Crippen LogP contribution in [0.15, 0.2) is 0 Å². The van der Waals surface area contributed by atoms with E-state index in [1.807, 2.05) is 0 Å². The molecule has 2 saturated carbocycles. The summed E-state index contributed by atoms with van der Waals surface area (Å²) in [7, 11) is 0. The standard InChI is InChI=1S/C14H24O2/c1-3-14(16-11(2)15)9-8-12-6-4-5-7-13(12)10-14/h12-13H,3-10H2,1-2H3. The van der Waals surface area contributed by atoms with Crippen molar-refractivity contribution in [3.8, 4) is 0 Å². The van der Waals surface area contributed by atoms with Crippen LogP contribution >= 0.6 is 0 Å². The van der Waals surface area contributed by atoms with Gasteiger partial charge in [-0.1, -0.05) is 32.6 Å². The first-order valence-corrected chi connectivity index (χ1v) is 6.85. The Morgan fingerprint density at radius 3 is 2.56 bits per heavy atom. The summed E-state index contributed by atoms with van der Waals surface area (Å²) in [6.45, 7) is 3.70. The van der Waals surface area contributed by atoms with Crippen molar-refractivity contribution in [2.45, 2.75) is 70.8 Å². The molecule has 0 aromatic heterocycles. The minimum absolute atomic E-state index is 0.101. The van der Waals surface area contributed by atoms with Crippen molar-refractivity contribution in [2.75, 3.05) is 0 Å². The van der Waals surface area contributed by atoms with Gasteiger partial charge in [0, 0.05) is 6.92 Å². The second-order valence-corrected chi connectivity index (χ2v) is 5.68. The SMILES string of the molecule is CCC1(OC(C)=O)CCC2CCCCC2C1. The predicted molar refractivity (Wildman–Crippen MR) is 64.1 cm³/mol. The fraction of sp³-hybridized carbons (Fsp3) is 0.929. The number of hydrogen-bond donors (Lipinski definition) is 0. The van der Waals surface area contributed by atoms with E-state index in [4.69, 9.17) is 4.74 Å². The van der Waals surface area contributed by atoms with E-state index in [0.29, 0.717) is 0 Å². The molecule has 0 heterocycles. The highest BCUT2D eigenvalue weighted by atomic mass is 16.6. The molecular weight excluding hydrogens is 200 g/mol. The van der Waals surface area contributed by atoms with Crippen LogP contribution in [0.3, 0.4) is 0 Å². The zero-order valence-electron chi connectivity index (χ0n) is 10.6. The van der Waals surface area contributed by atoms with Crippen LogP contribution in [-0.4, -0.2) is 11.6 Å². The second kappa shape index (κ2) is 4.77. The lowest BCUT2D eigenvalue weighted by atomic mass is 9.65. The molecule has 2 rings (SSSR count). The molecule has 0 aromatic rings. The van der Waals surface area contributed by atoms with E-state index in [9.17, 15) is 4.79 Å². The maximum absolute atomic E-state index is 11.2. The lowest BCUT2D eigenvalue weighted by Gasteiger charge is -2.45. The molecular formula is C14H24O2. The van der Waals surface area contributed by atoms with Crippen molar-refractivity contribution < 1.29 is 9.53 Å². The van der Waals surface area contributed by atoms with E-state index in [2.05, 4.69) is 6.92 Å². The van der Waals surface area contributed by atoms with Crippen molar-refractivity contribution in [3.63, 3.8) is 0 Å². The Labute approximate surface area is 98.7 Å². The fourth-order valence-electron chi connectivity index (χ4n) is 3.75. The quantitative estimate of drug-likeness (QED) is 0.669. The highest BCUT2D eigenvalue weighted by Crippen LogP contribution is 2.46. The Kier molecular flexibility index (Phi) is 3.56. The van der Waals surface area contributed by atoms with Crippen molar-refractivity contribution in [1.29, 1.82) is 0 Å². The van der Waals surface area contributed by atoms with Crippen molar-refractivity contribution >= 4 is 5.97 Å². The van der Waals surface area contributed by atoms with Crippen LogP contribution in [0.2, 0.25) is 0 Å². The predicted octanol–water partition coefficient (Wildman–Crippen LogP) is 3.69. The van der Waals surface area contributed by atoms with Crippen LogP contribution in [0.25, 0.3) is 0 Å². The smallest absolute Gasteiger partial charge is 0.303 e. The first-order valence-electron chi connectivity index (χ1n) is 6.85. The molecule has 3 atom stereocenters. The summed E-state index contributed by atoms with van der Waals surface area (Å²) in [5, 5.41) is 0. The Bertz CT molecular complexity index is 261. The van der Waals surface area contributed by atoms with E-state index < -0.39 is 0 Å². The fourth-order valence-corrected chi connectivity index (χ4v) is 3.75. The van der Waals surface area contributed by atoms with Crippen LogP contribution in [0.1, 0.15) is 65.2 Å². The molecule has 0 bridgehead atoms. The van der Waals surface area contributed by atoms with Gasteiger partial charge in [0.15, 0.2) is 0 Å². The summed E-state index contributed by atoms with van der Waals surface area (Å²) in [5.74, 6) is 1.64. The van der Waals surface area contributed by atoms with Gasteiger partial charge in [-0.05, 0) is 37.5 Å². The number of hydrogen-bond acceptors (Lipinski definition) is 2. The Hall–Kier alpha value is -0.530. The molecule has 0 amide bonds. The van der Waals surface area contributed by atoms with Crippen LogP contribution in [0.4, 0.5) is 0 Å². The van der Waals surface area contributed by atoms with Crippen LogP contribution in [-0.2, 0) is 9.53 Å². The Morgan fingerprint density at radius 1 is 1.25 bits per heavy atom. The van der Waals surface area contributed by atoms with E-state index in [1.54, 1.807) is 6.92 Å². The van der Waals surface area contributed by atoms with Gasteiger partial charge in [0.1, 0.15) is 5.60 Å². The molecule has 2 heteroatoms. The average molecular weight is 224 g/mol. The maximum atomic E-state index is 11.2. The molecule has 92 valence electrons. The summed E-state index contributed by atoms with van der Waals surface area (Å²) in [5.41, 5.74) is -0.121. The molecule has 0 saturated heterocycles. The van der Waals surface area contributed by atoms with Crippen molar-refractivity contribution in [2.24, 2.45) is 11.8 Å². The summed E-state index contributed by atoms with van der Waals surface area (Å²) in [6.07, 6.45) is 10.0. The minimum Gasteiger partial charge on any atom is -0.459 e. The first kappa shape index (κ1) is 11.9. The number of rotatable bonds is 2. The van der Waals surface area contributed by atoms with Crippen LogP contribution < -0.4 is 0 Å². The third kappa shape index (κ3) is 2.41. The monoisotopic (exact) mass is 224 g/mol. The van der Waals surface area contributed by atoms with E-state index >= 15 is 0 Å². The summed E-state index contributed by atoms with van der Waals surface area (Å²) in [4.78, 5) is 11.2. The molecule has 0 aliphatic heterocycles. The zero-order chi connectivity index (χ0) is 11.6. The summed E-state index contributed by atoms with van der Waals surface area (Å²) in [6, 6.07) is 0. The summed E-state index contributed by atoms with van der Waals surface area (Å²) >= 11 is 0. The zero-order valence-corrected chi connectivity index (χ0v) is 10.6. The molecule has 0 aromatic carbocycles. The number of carbonyl (C=O) groups excluding carboxylic acids is 1. The molecule has 3 unspecified atom stereocenters. The molecule has 2 fully saturated rings. The van der Waals surface area contributed by atoms with Gasteiger partial charge < -0.3 is 4.74 Å². The molecule has 2 aliphatic carbocycles. The summed E-state index contributed by atoms with van der Waals surface area (Å²) < 4.78 is 5.64. The normalized spacial score (nSPS) is 38.9. The third-order valence-corrected chi connectivity index (χ3v) is 4.68. The number of ether oxygens (including phenoxy) is 1. The molecule has 2 nitrogen and oxygen atoms in total. The van der Waals surface area contributed by atoms with Crippen LogP contribution in [0, 0.1) is 11.8 Å². The van der Waals surface area contributed by atoms with Gasteiger partial charge in [0.05, 0.1) is 0 Å². The highest BCUT2D eigenvalue weighted by molar-refractivity contribution is 5.66. The Balaban J connectivity index is 2.03. The lowest BCUT2D eigenvalue weighted by Crippen LogP contribution is -2.43. The van der Waals surface area contributed by atoms with E-state index in [1.165, 1.54) is 32.1 Å². The van der Waals surface area contributed by atoms with E-state index in [-0.39, 0.29) is 11.6 Å². The molecule has 2 aliphatic rings. The molecule has 0 N–H and O–H groups in total. The highest BCUT2D eigenvalue weighted by Gasteiger charge is 2.42. The van der Waals surface area contributed by atoms with Crippen LogP contribution in [0.5, 0.6) is 0 Å². The Morgan fingerprint density at radius 2 is 1.94 bits per heavy atom. The maximum Gasteiger partial charge on any atom is 0.303 e. The minimum atomic E-state index is -0.121.